The monoisotopic (exact) mass is 377 g/mol. The van der Waals surface area contributed by atoms with Crippen molar-refractivity contribution in [1.29, 1.82) is 0 Å². The lowest BCUT2D eigenvalue weighted by atomic mass is 10.2. The molecule has 1 aromatic heterocycles. The molecule has 3 rings (SSSR count). The van der Waals surface area contributed by atoms with Gasteiger partial charge in [0.05, 0.1) is 16.9 Å². The molecule has 1 heterocycles. The van der Waals surface area contributed by atoms with Crippen LogP contribution in [0.15, 0.2) is 47.6 Å². The fourth-order valence-electron chi connectivity index (χ4n) is 1.84. The molecule has 0 saturated heterocycles. The first-order valence-corrected chi connectivity index (χ1v) is 8.54. The van der Waals surface area contributed by atoms with Crippen molar-refractivity contribution in [2.75, 3.05) is 10.7 Å². The molecule has 0 radical (unpaired) electrons. The maximum Gasteiger partial charge on any atom is 0.257 e. The quantitative estimate of drug-likeness (QED) is 0.465. The predicted molar refractivity (Wildman–Crippen MR) is 102 cm³/mol. The molecule has 24 heavy (non-hydrogen) atoms. The fraction of sp³-hybridized carbons (Fsp3) is 0.0625. The number of benzene rings is 2. The Hall–Kier alpha value is -2.15. The second kappa shape index (κ2) is 7.61. The van der Waals surface area contributed by atoms with Gasteiger partial charge in [-0.15, -0.1) is 4.37 Å². The average Bonchev–Trinajstić information content (AvgIpc) is 3.00. The van der Waals surface area contributed by atoms with Gasteiger partial charge in [0, 0.05) is 16.6 Å². The lowest BCUT2D eigenvalue weighted by molar-refractivity contribution is 1.21. The largest absolute Gasteiger partial charge is 0.329 e. The molecule has 0 aliphatic rings. The minimum atomic E-state index is 0.413. The van der Waals surface area contributed by atoms with Crippen LogP contribution in [-0.2, 0) is 0 Å². The molecule has 0 fully saturated rings. The lowest BCUT2D eigenvalue weighted by Crippen LogP contribution is -1.94. The van der Waals surface area contributed by atoms with E-state index in [1.54, 1.807) is 24.4 Å². The van der Waals surface area contributed by atoms with E-state index in [1.165, 1.54) is 17.1 Å². The van der Waals surface area contributed by atoms with Crippen molar-refractivity contribution in [3.63, 3.8) is 0 Å². The van der Waals surface area contributed by atoms with E-state index >= 15 is 0 Å². The molecule has 0 spiro atoms. The third kappa shape index (κ3) is 4.44. The molecule has 0 atom stereocenters. The van der Waals surface area contributed by atoms with Crippen molar-refractivity contribution in [1.82, 2.24) is 9.36 Å². The molecule has 2 N–H and O–H groups in total. The molecule has 0 saturated carbocycles. The number of hydrazone groups is 1. The molecule has 0 unspecified atom stereocenters. The number of nitrogens with one attached hydrogen (secondary N) is 2. The number of aromatic nitrogens is 2. The Labute approximate surface area is 153 Å². The van der Waals surface area contributed by atoms with E-state index in [-0.39, 0.29) is 0 Å². The Morgan fingerprint density at radius 3 is 2.67 bits per heavy atom. The van der Waals surface area contributed by atoms with Gasteiger partial charge in [0.2, 0.25) is 5.13 Å². The van der Waals surface area contributed by atoms with E-state index in [2.05, 4.69) is 25.2 Å². The summed E-state index contributed by atoms with van der Waals surface area (Å²) >= 11 is 13.2. The smallest absolute Gasteiger partial charge is 0.257 e. The zero-order chi connectivity index (χ0) is 16.9. The summed E-state index contributed by atoms with van der Waals surface area (Å²) in [5, 5.41) is 8.92. The molecule has 0 aliphatic heterocycles. The molecule has 3 aromatic rings. The zero-order valence-electron chi connectivity index (χ0n) is 12.6. The number of hydrogen-bond acceptors (Lipinski definition) is 6. The SMILES string of the molecule is Cc1ccc(/C=N/Nc2nsc(Nc3ccc(Cl)cc3Cl)n2)cc1. The van der Waals surface area contributed by atoms with Crippen LogP contribution in [0.5, 0.6) is 0 Å². The van der Waals surface area contributed by atoms with Crippen LogP contribution in [0.1, 0.15) is 11.1 Å². The maximum absolute atomic E-state index is 6.12. The van der Waals surface area contributed by atoms with Crippen LogP contribution in [0.3, 0.4) is 0 Å². The molecule has 5 nitrogen and oxygen atoms in total. The molecule has 122 valence electrons. The minimum absolute atomic E-state index is 0.413. The molecule has 0 bridgehead atoms. The van der Waals surface area contributed by atoms with Crippen molar-refractivity contribution in [3.05, 3.63) is 63.6 Å². The van der Waals surface area contributed by atoms with E-state index in [0.29, 0.717) is 26.8 Å². The van der Waals surface area contributed by atoms with E-state index in [0.717, 1.165) is 5.56 Å². The second-order valence-corrected chi connectivity index (χ2v) is 6.55. The third-order valence-corrected chi connectivity index (χ3v) is 4.23. The highest BCUT2D eigenvalue weighted by molar-refractivity contribution is 7.10. The van der Waals surface area contributed by atoms with Crippen LogP contribution in [0.25, 0.3) is 0 Å². The van der Waals surface area contributed by atoms with Crippen LogP contribution in [0.2, 0.25) is 10.0 Å². The van der Waals surface area contributed by atoms with E-state index in [4.69, 9.17) is 23.2 Å². The average molecular weight is 378 g/mol. The first-order chi connectivity index (χ1) is 11.6. The van der Waals surface area contributed by atoms with Crippen molar-refractivity contribution < 1.29 is 0 Å². The lowest BCUT2D eigenvalue weighted by Gasteiger charge is -2.04. The molecule has 2 aromatic carbocycles. The molecule has 0 amide bonds. The van der Waals surface area contributed by atoms with Gasteiger partial charge < -0.3 is 5.32 Å². The van der Waals surface area contributed by atoms with Crippen LogP contribution in [-0.4, -0.2) is 15.6 Å². The molecular formula is C16H13Cl2N5S. The van der Waals surface area contributed by atoms with Gasteiger partial charge in [-0.2, -0.15) is 10.1 Å². The summed E-state index contributed by atoms with van der Waals surface area (Å²) in [4.78, 5) is 4.29. The summed E-state index contributed by atoms with van der Waals surface area (Å²) in [6.07, 6.45) is 1.71. The first kappa shape index (κ1) is 16.7. The van der Waals surface area contributed by atoms with Crippen molar-refractivity contribution in [3.8, 4) is 0 Å². The Morgan fingerprint density at radius 1 is 1.12 bits per heavy atom. The number of rotatable bonds is 5. The van der Waals surface area contributed by atoms with E-state index in [1.807, 2.05) is 31.2 Å². The summed E-state index contributed by atoms with van der Waals surface area (Å²) in [5.74, 6) is 0.413. The van der Waals surface area contributed by atoms with Gasteiger partial charge >= 0.3 is 0 Å². The highest BCUT2D eigenvalue weighted by atomic mass is 35.5. The Bertz CT molecular complexity index is 861. The highest BCUT2D eigenvalue weighted by Gasteiger charge is 2.06. The van der Waals surface area contributed by atoms with Crippen molar-refractivity contribution in [2.24, 2.45) is 5.10 Å². The molecule has 8 heteroatoms. The van der Waals surface area contributed by atoms with Crippen molar-refractivity contribution in [2.45, 2.75) is 6.92 Å². The van der Waals surface area contributed by atoms with Gasteiger partial charge in [0.15, 0.2) is 0 Å². The van der Waals surface area contributed by atoms with E-state index < -0.39 is 0 Å². The van der Waals surface area contributed by atoms with Gasteiger partial charge in [-0.1, -0.05) is 53.0 Å². The van der Waals surface area contributed by atoms with Gasteiger partial charge in [0.1, 0.15) is 0 Å². The van der Waals surface area contributed by atoms with E-state index in [9.17, 15) is 0 Å². The predicted octanol–water partition coefficient (Wildman–Crippen LogP) is 5.34. The summed E-state index contributed by atoms with van der Waals surface area (Å²) in [5.41, 5.74) is 5.72. The minimum Gasteiger partial charge on any atom is -0.329 e. The standard InChI is InChI=1S/C16H13Cl2N5S/c1-10-2-4-11(5-3-10)9-19-22-15-21-16(24-23-15)20-14-7-6-12(17)8-13(14)18/h2-9H,1H3,(H2,20,21,22,23)/b19-9+. The van der Waals surface area contributed by atoms with Crippen LogP contribution >= 0.6 is 34.7 Å². The Balaban J connectivity index is 1.62. The van der Waals surface area contributed by atoms with Gasteiger partial charge in [-0.3, -0.25) is 0 Å². The first-order valence-electron chi connectivity index (χ1n) is 7.02. The number of anilines is 3. The van der Waals surface area contributed by atoms with Gasteiger partial charge in [-0.25, -0.2) is 5.43 Å². The normalized spacial score (nSPS) is 11.0. The summed E-state index contributed by atoms with van der Waals surface area (Å²) < 4.78 is 4.18. The number of aryl methyl sites for hydroxylation is 1. The zero-order valence-corrected chi connectivity index (χ0v) is 15.0. The number of hydrogen-bond donors (Lipinski definition) is 2. The fourth-order valence-corrected chi connectivity index (χ4v) is 2.84. The van der Waals surface area contributed by atoms with Crippen molar-refractivity contribution >= 4 is 57.7 Å². The summed E-state index contributed by atoms with van der Waals surface area (Å²) in [6.45, 7) is 2.04. The molecular weight excluding hydrogens is 365 g/mol. The molecule has 0 aliphatic carbocycles. The third-order valence-electron chi connectivity index (χ3n) is 3.05. The van der Waals surface area contributed by atoms with Crippen LogP contribution in [0.4, 0.5) is 16.8 Å². The topological polar surface area (TPSA) is 62.2 Å². The maximum atomic E-state index is 6.12. The second-order valence-electron chi connectivity index (χ2n) is 4.95. The highest BCUT2D eigenvalue weighted by Crippen LogP contribution is 2.29. The van der Waals surface area contributed by atoms with Crippen LogP contribution in [0, 0.1) is 6.92 Å². The summed E-state index contributed by atoms with van der Waals surface area (Å²) in [7, 11) is 0. The number of nitrogens with zero attached hydrogens (tertiary/aromatic N) is 3. The van der Waals surface area contributed by atoms with Gasteiger partial charge in [-0.05, 0) is 30.7 Å². The Kier molecular flexibility index (Phi) is 5.30. The Morgan fingerprint density at radius 2 is 1.92 bits per heavy atom. The summed E-state index contributed by atoms with van der Waals surface area (Å²) in [6, 6.07) is 13.2. The van der Waals surface area contributed by atoms with Crippen LogP contribution < -0.4 is 10.7 Å². The van der Waals surface area contributed by atoms with Gasteiger partial charge in [0.25, 0.3) is 5.95 Å². The number of halogens is 2.